The summed E-state index contributed by atoms with van der Waals surface area (Å²) in [6, 6.07) is 15.2. The van der Waals surface area contributed by atoms with Gasteiger partial charge in [0.15, 0.2) is 0 Å². The summed E-state index contributed by atoms with van der Waals surface area (Å²) in [6.45, 7) is 2.47. The molecule has 0 spiro atoms. The molecule has 36 heavy (non-hydrogen) atoms. The van der Waals surface area contributed by atoms with Crippen molar-refractivity contribution in [2.24, 2.45) is 0 Å². The number of nitrogens with one attached hydrogen (secondary N) is 1. The van der Waals surface area contributed by atoms with Crippen LogP contribution in [0.5, 0.6) is 11.5 Å². The minimum Gasteiger partial charge on any atom is -0.497 e. The number of fused-ring (bicyclic) bond motifs is 3. The predicted octanol–water partition coefficient (Wildman–Crippen LogP) is 4.59. The van der Waals surface area contributed by atoms with Crippen molar-refractivity contribution in [1.82, 2.24) is 14.8 Å². The molecule has 0 saturated carbocycles. The van der Waals surface area contributed by atoms with Crippen molar-refractivity contribution in [3.05, 3.63) is 82.6 Å². The highest BCUT2D eigenvalue weighted by atomic mass is 32.1. The molecule has 1 unspecified atom stereocenters. The van der Waals surface area contributed by atoms with E-state index in [4.69, 9.17) is 9.47 Å². The molecule has 2 aromatic carbocycles. The van der Waals surface area contributed by atoms with Crippen LogP contribution in [0, 0.1) is 5.82 Å². The van der Waals surface area contributed by atoms with Crippen LogP contribution in [0.3, 0.4) is 0 Å². The number of nitrogens with zero attached hydrogens (tertiary/aromatic N) is 2. The molecule has 1 atom stereocenters. The van der Waals surface area contributed by atoms with Gasteiger partial charge in [0.05, 0.1) is 27.3 Å². The smallest absolute Gasteiger partial charge is 0.271 e. The predicted molar refractivity (Wildman–Crippen MR) is 136 cm³/mol. The molecule has 0 radical (unpaired) electrons. The van der Waals surface area contributed by atoms with Crippen LogP contribution in [-0.2, 0) is 24.4 Å². The highest BCUT2D eigenvalue weighted by Crippen LogP contribution is 2.37. The van der Waals surface area contributed by atoms with E-state index >= 15 is 0 Å². The number of carbonyl (C=O) groups is 2. The lowest BCUT2D eigenvalue weighted by molar-refractivity contribution is -0.133. The molecular weight excluding hydrogens is 481 g/mol. The molecule has 1 aliphatic heterocycles. The largest absolute Gasteiger partial charge is 0.497 e. The summed E-state index contributed by atoms with van der Waals surface area (Å²) in [5.41, 5.74) is 0.880. The van der Waals surface area contributed by atoms with Gasteiger partial charge in [0.1, 0.15) is 33.4 Å². The third kappa shape index (κ3) is 4.09. The van der Waals surface area contributed by atoms with E-state index in [2.05, 4.69) is 5.32 Å². The summed E-state index contributed by atoms with van der Waals surface area (Å²) < 4.78 is 26.1. The van der Waals surface area contributed by atoms with Gasteiger partial charge >= 0.3 is 0 Å². The number of halogens is 1. The molecule has 4 aromatic rings. The van der Waals surface area contributed by atoms with Gasteiger partial charge in [-0.15, -0.1) is 11.3 Å². The van der Waals surface area contributed by atoms with Gasteiger partial charge in [-0.3, -0.25) is 9.59 Å². The average Bonchev–Trinajstić information content (AvgIpc) is 3.48. The Balaban J connectivity index is 1.52. The third-order valence-corrected chi connectivity index (χ3v) is 7.66. The van der Waals surface area contributed by atoms with Gasteiger partial charge < -0.3 is 24.3 Å². The van der Waals surface area contributed by atoms with E-state index in [1.165, 1.54) is 12.1 Å². The summed E-state index contributed by atoms with van der Waals surface area (Å²) in [5.74, 6) is 0.334. The fourth-order valence-corrected chi connectivity index (χ4v) is 5.53. The number of thiophene rings is 1. The van der Waals surface area contributed by atoms with Gasteiger partial charge in [0.25, 0.3) is 5.91 Å². The summed E-state index contributed by atoms with van der Waals surface area (Å²) in [5, 5.41) is 5.91. The highest BCUT2D eigenvalue weighted by molar-refractivity contribution is 7.16. The average molecular weight is 508 g/mol. The van der Waals surface area contributed by atoms with Crippen molar-refractivity contribution in [2.75, 3.05) is 14.2 Å². The molecule has 2 aromatic heterocycles. The first-order valence-electron chi connectivity index (χ1n) is 11.5. The SMILES string of the molecule is COc1ccc(CN2C(=O)c3cc4ccsc4n3CC2(C)C(=O)NCc2ccc(F)cc2)c(OC)c1. The first kappa shape index (κ1) is 23.9. The van der Waals surface area contributed by atoms with Gasteiger partial charge in [-0.1, -0.05) is 12.1 Å². The molecule has 0 saturated heterocycles. The number of methoxy groups -OCH3 is 2. The molecule has 186 valence electrons. The van der Waals surface area contributed by atoms with E-state index in [-0.39, 0.29) is 30.7 Å². The van der Waals surface area contributed by atoms with Crippen LogP contribution in [0.15, 0.2) is 60.0 Å². The van der Waals surface area contributed by atoms with Crippen molar-refractivity contribution in [3.8, 4) is 11.5 Å². The van der Waals surface area contributed by atoms with Gasteiger partial charge in [-0.05, 0) is 54.3 Å². The Morgan fingerprint density at radius 2 is 1.89 bits per heavy atom. The van der Waals surface area contributed by atoms with Gasteiger partial charge in [-0.2, -0.15) is 0 Å². The fraction of sp³-hybridized carbons (Fsp3) is 0.259. The van der Waals surface area contributed by atoms with E-state index in [1.54, 1.807) is 61.6 Å². The standard InChI is InChI=1S/C27H26FN3O4S/c1-27(26(33)29-14-17-4-7-20(28)8-5-17)16-30-22(12-18-10-11-36-25(18)30)24(32)31(27)15-19-6-9-21(34-2)13-23(19)35-3/h4-13H,14-16H2,1-3H3,(H,29,33). The molecule has 3 heterocycles. The summed E-state index contributed by atoms with van der Waals surface area (Å²) >= 11 is 1.54. The molecule has 0 fully saturated rings. The van der Waals surface area contributed by atoms with E-state index in [0.717, 1.165) is 21.3 Å². The second kappa shape index (κ2) is 9.31. The highest BCUT2D eigenvalue weighted by Gasteiger charge is 2.48. The van der Waals surface area contributed by atoms with Crippen molar-refractivity contribution in [2.45, 2.75) is 32.1 Å². The Hall–Kier alpha value is -3.85. The Morgan fingerprint density at radius 1 is 1.11 bits per heavy atom. The van der Waals surface area contributed by atoms with Crippen molar-refractivity contribution >= 4 is 33.4 Å². The van der Waals surface area contributed by atoms with E-state index in [1.807, 2.05) is 28.1 Å². The molecule has 0 bridgehead atoms. The topological polar surface area (TPSA) is 72.8 Å². The van der Waals surface area contributed by atoms with E-state index < -0.39 is 5.54 Å². The maximum atomic E-state index is 13.9. The zero-order chi connectivity index (χ0) is 25.4. The van der Waals surface area contributed by atoms with Gasteiger partial charge in [0.2, 0.25) is 5.91 Å². The van der Waals surface area contributed by atoms with Crippen LogP contribution in [-0.4, -0.2) is 41.0 Å². The van der Waals surface area contributed by atoms with Crippen molar-refractivity contribution in [3.63, 3.8) is 0 Å². The van der Waals surface area contributed by atoms with Crippen LogP contribution in [0.1, 0.15) is 28.5 Å². The zero-order valence-electron chi connectivity index (χ0n) is 20.2. The number of benzene rings is 2. The number of amides is 2. The minimum atomic E-state index is -1.19. The Kier molecular flexibility index (Phi) is 6.17. The number of hydrogen-bond acceptors (Lipinski definition) is 5. The summed E-state index contributed by atoms with van der Waals surface area (Å²) in [7, 11) is 3.13. The number of aromatic nitrogens is 1. The molecular formula is C27H26FN3O4S. The molecule has 9 heteroatoms. The molecule has 1 aliphatic rings. The van der Waals surface area contributed by atoms with Crippen molar-refractivity contribution in [1.29, 1.82) is 0 Å². The Bertz CT molecular complexity index is 1450. The number of ether oxygens (including phenoxy) is 2. The van der Waals surface area contributed by atoms with Gasteiger partial charge in [-0.25, -0.2) is 4.39 Å². The summed E-state index contributed by atoms with van der Waals surface area (Å²) in [6.07, 6.45) is 0. The molecule has 0 aliphatic carbocycles. The molecule has 1 N–H and O–H groups in total. The van der Waals surface area contributed by atoms with Crippen LogP contribution in [0.4, 0.5) is 4.39 Å². The molecule has 5 rings (SSSR count). The second-order valence-electron chi connectivity index (χ2n) is 8.95. The lowest BCUT2D eigenvalue weighted by Gasteiger charge is -2.44. The number of rotatable bonds is 7. The lowest BCUT2D eigenvalue weighted by Crippen LogP contribution is -2.63. The van der Waals surface area contributed by atoms with Crippen LogP contribution in [0.2, 0.25) is 0 Å². The third-order valence-electron chi connectivity index (χ3n) is 6.71. The monoisotopic (exact) mass is 507 g/mol. The normalized spacial score (nSPS) is 17.2. The van der Waals surface area contributed by atoms with Crippen molar-refractivity contribution < 1.29 is 23.5 Å². The maximum absolute atomic E-state index is 13.9. The first-order valence-corrected chi connectivity index (χ1v) is 12.3. The number of hydrogen-bond donors (Lipinski definition) is 1. The maximum Gasteiger partial charge on any atom is 0.271 e. The lowest BCUT2D eigenvalue weighted by atomic mass is 9.93. The fourth-order valence-electron chi connectivity index (χ4n) is 4.63. The summed E-state index contributed by atoms with van der Waals surface area (Å²) in [4.78, 5) is 30.2. The molecule has 2 amide bonds. The van der Waals surface area contributed by atoms with Crippen LogP contribution >= 0.6 is 11.3 Å². The van der Waals surface area contributed by atoms with E-state index in [0.29, 0.717) is 23.7 Å². The van der Waals surface area contributed by atoms with Crippen LogP contribution < -0.4 is 14.8 Å². The van der Waals surface area contributed by atoms with E-state index in [9.17, 15) is 14.0 Å². The second-order valence-corrected chi connectivity index (χ2v) is 9.84. The zero-order valence-corrected chi connectivity index (χ0v) is 21.0. The Morgan fingerprint density at radius 3 is 2.61 bits per heavy atom. The Labute approximate surface area is 212 Å². The van der Waals surface area contributed by atoms with Gasteiger partial charge in [0, 0.05) is 23.6 Å². The quantitative estimate of drug-likeness (QED) is 0.397. The molecule has 7 nitrogen and oxygen atoms in total. The number of carbonyl (C=O) groups excluding carboxylic acids is 2. The minimum absolute atomic E-state index is 0.172. The van der Waals surface area contributed by atoms with Crippen LogP contribution in [0.25, 0.3) is 10.2 Å². The first-order chi connectivity index (χ1) is 17.3.